The van der Waals surface area contributed by atoms with Crippen molar-refractivity contribution in [2.45, 2.75) is 19.8 Å². The Morgan fingerprint density at radius 3 is 2.67 bits per heavy atom. The fourth-order valence-electron chi connectivity index (χ4n) is 1.45. The second kappa shape index (κ2) is 4.95. The molecule has 2 rings (SSSR count). The van der Waals surface area contributed by atoms with Crippen molar-refractivity contribution < 1.29 is 4.79 Å². The number of rotatable bonds is 3. The van der Waals surface area contributed by atoms with Crippen LogP contribution in [0.5, 0.6) is 0 Å². The van der Waals surface area contributed by atoms with Gasteiger partial charge in [0.15, 0.2) is 0 Å². The van der Waals surface area contributed by atoms with Crippen molar-refractivity contribution in [1.29, 1.82) is 0 Å². The first-order valence-corrected chi connectivity index (χ1v) is 5.69. The third kappa shape index (κ3) is 2.53. The highest BCUT2D eigenvalue weighted by Crippen LogP contribution is 2.12. The number of amides is 1. The minimum Gasteiger partial charge on any atom is -0.303 e. The third-order valence-corrected chi connectivity index (χ3v) is 2.58. The molecule has 6 nitrogen and oxygen atoms in total. The fourth-order valence-corrected chi connectivity index (χ4v) is 1.45. The lowest BCUT2D eigenvalue weighted by Crippen LogP contribution is -2.15. The highest BCUT2D eigenvalue weighted by Gasteiger charge is 2.10. The molecule has 6 heteroatoms. The van der Waals surface area contributed by atoms with E-state index in [0.29, 0.717) is 17.4 Å². The zero-order valence-corrected chi connectivity index (χ0v) is 10.6. The first kappa shape index (κ1) is 12.2. The number of carbonyl (C=O) groups is 1. The molecule has 0 saturated heterocycles. The van der Waals surface area contributed by atoms with Crippen molar-refractivity contribution in [2.24, 2.45) is 7.05 Å². The van der Waals surface area contributed by atoms with E-state index < -0.39 is 0 Å². The fraction of sp³-hybridized carbons (Fsp3) is 0.333. The number of hydrogen-bond acceptors (Lipinski definition) is 4. The van der Waals surface area contributed by atoms with Crippen LogP contribution in [-0.4, -0.2) is 25.7 Å². The first-order chi connectivity index (χ1) is 8.58. The Morgan fingerprint density at radius 2 is 2.17 bits per heavy atom. The molecular weight excluding hydrogens is 230 g/mol. The smallest absolute Gasteiger partial charge is 0.259 e. The number of nitrogens with one attached hydrogen (secondary N) is 1. The lowest BCUT2D eigenvalue weighted by molar-refractivity contribution is 0.102. The monoisotopic (exact) mass is 245 g/mol. The minimum absolute atomic E-state index is 0.242. The van der Waals surface area contributed by atoms with Crippen molar-refractivity contribution in [3.8, 4) is 0 Å². The largest absolute Gasteiger partial charge is 0.303 e. The molecule has 0 aliphatic carbocycles. The zero-order valence-electron chi connectivity index (χ0n) is 10.6. The Hall–Kier alpha value is -2.24. The van der Waals surface area contributed by atoms with E-state index in [2.05, 4.69) is 34.3 Å². The van der Waals surface area contributed by atoms with Gasteiger partial charge in [-0.25, -0.2) is 0 Å². The summed E-state index contributed by atoms with van der Waals surface area (Å²) >= 11 is 0. The van der Waals surface area contributed by atoms with Gasteiger partial charge in [0.05, 0.1) is 5.56 Å². The van der Waals surface area contributed by atoms with Gasteiger partial charge in [-0.2, -0.15) is 0 Å². The number of aryl methyl sites for hydroxylation is 1. The molecule has 1 amide bonds. The molecule has 0 aliphatic rings. The molecule has 2 aromatic heterocycles. The van der Waals surface area contributed by atoms with Gasteiger partial charge in [-0.15, -0.1) is 10.2 Å². The Kier molecular flexibility index (Phi) is 3.36. The third-order valence-electron chi connectivity index (χ3n) is 2.58. The zero-order chi connectivity index (χ0) is 13.1. The van der Waals surface area contributed by atoms with Gasteiger partial charge in [0.2, 0.25) is 5.95 Å². The Bertz CT molecular complexity index is 544. The number of nitrogens with zero attached hydrogens (tertiary/aromatic N) is 4. The average Bonchev–Trinajstić information content (AvgIpc) is 2.75. The quantitative estimate of drug-likeness (QED) is 0.891. The Labute approximate surface area is 105 Å². The number of hydrogen-bond donors (Lipinski definition) is 1. The highest BCUT2D eigenvalue weighted by molar-refractivity contribution is 6.03. The molecule has 2 heterocycles. The van der Waals surface area contributed by atoms with E-state index in [0.717, 1.165) is 5.69 Å². The van der Waals surface area contributed by atoms with Gasteiger partial charge >= 0.3 is 0 Å². The Balaban J connectivity index is 2.12. The van der Waals surface area contributed by atoms with Crippen LogP contribution in [0.3, 0.4) is 0 Å². The molecule has 0 aliphatic heterocycles. The van der Waals surface area contributed by atoms with E-state index in [1.54, 1.807) is 23.9 Å². The molecule has 0 atom stereocenters. The van der Waals surface area contributed by atoms with Gasteiger partial charge in [0.1, 0.15) is 6.33 Å². The number of carbonyl (C=O) groups excluding carboxylic acids is 1. The molecule has 0 fully saturated rings. The van der Waals surface area contributed by atoms with Crippen molar-refractivity contribution in [3.05, 3.63) is 35.9 Å². The predicted octanol–water partition coefficient (Wildman–Crippen LogP) is 1.59. The second-order valence-corrected chi connectivity index (χ2v) is 4.35. The van der Waals surface area contributed by atoms with Gasteiger partial charge < -0.3 is 4.57 Å². The van der Waals surface area contributed by atoms with Crippen LogP contribution >= 0.6 is 0 Å². The lowest BCUT2D eigenvalue weighted by Gasteiger charge is -2.06. The van der Waals surface area contributed by atoms with Crippen LogP contribution in [-0.2, 0) is 7.05 Å². The van der Waals surface area contributed by atoms with E-state index in [9.17, 15) is 4.79 Å². The first-order valence-electron chi connectivity index (χ1n) is 5.69. The Morgan fingerprint density at radius 1 is 1.39 bits per heavy atom. The minimum atomic E-state index is -0.242. The maximum Gasteiger partial charge on any atom is 0.259 e. The summed E-state index contributed by atoms with van der Waals surface area (Å²) in [5.74, 6) is 0.516. The maximum atomic E-state index is 11.9. The molecular formula is C12H15N5O. The summed E-state index contributed by atoms with van der Waals surface area (Å²) in [6.45, 7) is 4.11. The van der Waals surface area contributed by atoms with E-state index in [1.807, 2.05) is 6.07 Å². The van der Waals surface area contributed by atoms with Crippen LogP contribution < -0.4 is 5.32 Å². The summed E-state index contributed by atoms with van der Waals surface area (Å²) in [6.07, 6.45) is 3.09. The van der Waals surface area contributed by atoms with Crippen molar-refractivity contribution in [2.75, 3.05) is 5.32 Å². The van der Waals surface area contributed by atoms with Gasteiger partial charge in [-0.05, 0) is 18.1 Å². The van der Waals surface area contributed by atoms with Crippen LogP contribution in [0.15, 0.2) is 24.7 Å². The summed E-state index contributed by atoms with van der Waals surface area (Å²) < 4.78 is 1.63. The van der Waals surface area contributed by atoms with Crippen molar-refractivity contribution >= 4 is 11.9 Å². The molecule has 0 saturated carbocycles. The molecule has 2 aromatic rings. The van der Waals surface area contributed by atoms with Crippen LogP contribution in [0.1, 0.15) is 35.8 Å². The molecule has 0 radical (unpaired) electrons. The molecule has 18 heavy (non-hydrogen) atoms. The second-order valence-electron chi connectivity index (χ2n) is 4.35. The standard InChI is InChI=1S/C12H15N5O/c1-8(2)10-5-4-9(6-13-10)11(18)15-12-16-14-7-17(12)3/h4-8H,1-3H3,(H,15,16,18). The molecule has 0 bridgehead atoms. The summed E-state index contributed by atoms with van der Waals surface area (Å²) in [4.78, 5) is 16.2. The molecule has 94 valence electrons. The number of anilines is 1. The number of aromatic nitrogens is 4. The highest BCUT2D eigenvalue weighted by atomic mass is 16.1. The van der Waals surface area contributed by atoms with Gasteiger partial charge in [-0.3, -0.25) is 15.1 Å². The van der Waals surface area contributed by atoms with Crippen LogP contribution in [0.25, 0.3) is 0 Å². The molecule has 1 N–H and O–H groups in total. The van der Waals surface area contributed by atoms with Gasteiger partial charge in [0.25, 0.3) is 5.91 Å². The maximum absolute atomic E-state index is 11.9. The van der Waals surface area contributed by atoms with Crippen LogP contribution in [0.4, 0.5) is 5.95 Å². The van der Waals surface area contributed by atoms with Gasteiger partial charge in [0, 0.05) is 18.9 Å². The van der Waals surface area contributed by atoms with E-state index >= 15 is 0 Å². The summed E-state index contributed by atoms with van der Waals surface area (Å²) in [5, 5.41) is 10.1. The van der Waals surface area contributed by atoms with Crippen molar-refractivity contribution in [3.63, 3.8) is 0 Å². The molecule has 0 unspecified atom stereocenters. The van der Waals surface area contributed by atoms with Crippen LogP contribution in [0, 0.1) is 0 Å². The van der Waals surface area contributed by atoms with E-state index in [-0.39, 0.29) is 5.91 Å². The van der Waals surface area contributed by atoms with Crippen LogP contribution in [0.2, 0.25) is 0 Å². The molecule has 0 aromatic carbocycles. The topological polar surface area (TPSA) is 72.7 Å². The lowest BCUT2D eigenvalue weighted by atomic mass is 10.1. The summed E-state index contributed by atoms with van der Waals surface area (Å²) in [5.41, 5.74) is 1.47. The van der Waals surface area contributed by atoms with E-state index in [4.69, 9.17) is 0 Å². The summed E-state index contributed by atoms with van der Waals surface area (Å²) in [7, 11) is 1.76. The predicted molar refractivity (Wildman–Crippen MR) is 67.3 cm³/mol. The van der Waals surface area contributed by atoms with Crippen molar-refractivity contribution in [1.82, 2.24) is 19.7 Å². The normalized spacial score (nSPS) is 10.7. The average molecular weight is 245 g/mol. The van der Waals surface area contributed by atoms with E-state index in [1.165, 1.54) is 6.33 Å². The SMILES string of the molecule is CC(C)c1ccc(C(=O)Nc2nncn2C)cn1. The molecule has 0 spiro atoms. The van der Waals surface area contributed by atoms with Gasteiger partial charge in [-0.1, -0.05) is 13.8 Å². The summed E-state index contributed by atoms with van der Waals surface area (Å²) in [6, 6.07) is 3.62. The number of pyridine rings is 1.